The molecule has 1 fully saturated rings. The highest BCUT2D eigenvalue weighted by molar-refractivity contribution is 9.13. The van der Waals surface area contributed by atoms with Gasteiger partial charge in [-0.2, -0.15) is 0 Å². The topological polar surface area (TPSA) is 54.6 Å². The average molecular weight is 456 g/mol. The van der Waals surface area contributed by atoms with E-state index in [2.05, 4.69) is 49.1 Å². The Kier molecular flexibility index (Phi) is 5.08. The van der Waals surface area contributed by atoms with E-state index in [4.69, 9.17) is 4.42 Å². The molecule has 1 aromatic carbocycles. The van der Waals surface area contributed by atoms with Crippen LogP contribution in [0.1, 0.15) is 18.2 Å². The van der Waals surface area contributed by atoms with Crippen LogP contribution in [0, 0.1) is 0 Å². The Morgan fingerprint density at radius 3 is 2.65 bits per heavy atom. The summed E-state index contributed by atoms with van der Waals surface area (Å²) in [4.78, 5) is 17.0. The molecule has 1 aliphatic rings. The zero-order valence-electron chi connectivity index (χ0n) is 12.1. The summed E-state index contributed by atoms with van der Waals surface area (Å²) in [6.07, 6.45) is 2.68. The van der Waals surface area contributed by atoms with Crippen molar-refractivity contribution < 1.29 is 9.21 Å². The molecule has 0 bridgehead atoms. The van der Waals surface area contributed by atoms with Gasteiger partial charge in [-0.3, -0.25) is 4.79 Å². The maximum atomic E-state index is 12.0. The smallest absolute Gasteiger partial charge is 0.264 e. The van der Waals surface area contributed by atoms with Crippen LogP contribution in [-0.4, -0.2) is 11.1 Å². The van der Waals surface area contributed by atoms with Gasteiger partial charge in [0.15, 0.2) is 9.84 Å². The Morgan fingerprint density at radius 1 is 1.30 bits per heavy atom. The van der Waals surface area contributed by atoms with Gasteiger partial charge in [0, 0.05) is 6.08 Å². The molecule has 2 aromatic rings. The first-order valence-corrected chi connectivity index (χ1v) is 9.29. The number of amidine groups is 1. The first kappa shape index (κ1) is 16.5. The average Bonchev–Trinajstić information content (AvgIpc) is 3.03. The molecule has 0 unspecified atom stereocenters. The molecule has 0 spiro atoms. The minimum Gasteiger partial charge on any atom is -0.449 e. The Balaban J connectivity index is 1.79. The van der Waals surface area contributed by atoms with Crippen LogP contribution in [0.4, 0.5) is 5.69 Å². The monoisotopic (exact) mass is 454 g/mol. The van der Waals surface area contributed by atoms with Crippen molar-refractivity contribution in [3.8, 4) is 0 Å². The lowest BCUT2D eigenvalue weighted by molar-refractivity contribution is -0.115. The zero-order valence-corrected chi connectivity index (χ0v) is 16.1. The molecule has 2 heterocycles. The van der Waals surface area contributed by atoms with Crippen molar-refractivity contribution in [2.45, 2.75) is 13.3 Å². The van der Waals surface area contributed by atoms with Gasteiger partial charge in [0.1, 0.15) is 5.76 Å². The summed E-state index contributed by atoms with van der Waals surface area (Å²) in [6.45, 7) is 2.11. The fraction of sp³-hybridized carbons (Fsp3) is 0.125. The minimum absolute atomic E-state index is 0.178. The van der Waals surface area contributed by atoms with Gasteiger partial charge in [0.25, 0.3) is 5.91 Å². The molecule has 7 heteroatoms. The van der Waals surface area contributed by atoms with Crippen LogP contribution in [0.25, 0.3) is 6.08 Å². The third-order valence-electron chi connectivity index (χ3n) is 3.16. The van der Waals surface area contributed by atoms with E-state index in [0.717, 1.165) is 16.6 Å². The van der Waals surface area contributed by atoms with Crippen LogP contribution in [0.2, 0.25) is 0 Å². The standard InChI is InChI=1S/C16H12Br2N2O2S/c1-2-9-3-5-10(6-4-9)19-16-20-15(21)13(23-16)8-11-7-12(17)14(18)22-11/h3-8H,2H2,1H3,(H,19,20,21)/b13-8-. The fourth-order valence-electron chi connectivity index (χ4n) is 1.97. The number of aryl methyl sites for hydroxylation is 1. The molecule has 1 amide bonds. The van der Waals surface area contributed by atoms with E-state index in [9.17, 15) is 4.79 Å². The lowest BCUT2D eigenvalue weighted by Gasteiger charge is -1.98. The van der Waals surface area contributed by atoms with E-state index in [1.807, 2.05) is 24.3 Å². The summed E-state index contributed by atoms with van der Waals surface area (Å²) in [5.41, 5.74) is 2.07. The van der Waals surface area contributed by atoms with Crippen molar-refractivity contribution in [2.75, 3.05) is 0 Å². The van der Waals surface area contributed by atoms with Crippen LogP contribution in [-0.2, 0) is 11.2 Å². The van der Waals surface area contributed by atoms with E-state index in [0.29, 0.717) is 20.5 Å². The Morgan fingerprint density at radius 2 is 2.04 bits per heavy atom. The molecular weight excluding hydrogens is 444 g/mol. The van der Waals surface area contributed by atoms with E-state index in [-0.39, 0.29) is 5.91 Å². The number of hydrogen-bond acceptors (Lipinski definition) is 4. The molecule has 23 heavy (non-hydrogen) atoms. The number of hydrogen-bond donors (Lipinski definition) is 1. The lowest BCUT2D eigenvalue weighted by Crippen LogP contribution is -2.19. The predicted molar refractivity (Wildman–Crippen MR) is 101 cm³/mol. The van der Waals surface area contributed by atoms with Gasteiger partial charge >= 0.3 is 0 Å². The Labute approximate surface area is 154 Å². The van der Waals surface area contributed by atoms with Crippen molar-refractivity contribution in [2.24, 2.45) is 4.99 Å². The quantitative estimate of drug-likeness (QED) is 0.642. The van der Waals surface area contributed by atoms with Crippen LogP contribution >= 0.6 is 43.6 Å². The van der Waals surface area contributed by atoms with Gasteiger partial charge in [-0.1, -0.05) is 19.1 Å². The second-order valence-corrected chi connectivity index (χ2v) is 7.38. The normalized spacial score (nSPS) is 18.0. The molecule has 4 nitrogen and oxygen atoms in total. The summed E-state index contributed by atoms with van der Waals surface area (Å²) in [5, 5.41) is 3.33. The molecule has 1 saturated heterocycles. The van der Waals surface area contributed by atoms with E-state index < -0.39 is 0 Å². The van der Waals surface area contributed by atoms with Crippen molar-refractivity contribution >= 4 is 66.5 Å². The molecular formula is C16H12Br2N2O2S. The number of nitrogens with one attached hydrogen (secondary N) is 1. The van der Waals surface area contributed by atoms with Crippen molar-refractivity contribution in [1.29, 1.82) is 0 Å². The van der Waals surface area contributed by atoms with Crippen LogP contribution < -0.4 is 5.32 Å². The maximum absolute atomic E-state index is 12.0. The number of aliphatic imine (C=N–C) groups is 1. The molecule has 118 valence electrons. The third-order valence-corrected chi connectivity index (χ3v) is 5.78. The van der Waals surface area contributed by atoms with Crippen LogP contribution in [0.15, 0.2) is 53.8 Å². The highest BCUT2D eigenvalue weighted by Crippen LogP contribution is 2.32. The van der Waals surface area contributed by atoms with Crippen molar-refractivity contribution in [3.05, 3.63) is 55.7 Å². The number of carbonyl (C=O) groups excluding carboxylic acids is 1. The largest absolute Gasteiger partial charge is 0.449 e. The molecule has 0 atom stereocenters. The Hall–Kier alpha value is -1.31. The number of nitrogens with zero attached hydrogens (tertiary/aromatic N) is 1. The van der Waals surface area contributed by atoms with E-state index in [1.165, 1.54) is 17.3 Å². The van der Waals surface area contributed by atoms with Gasteiger partial charge in [0.05, 0.1) is 15.1 Å². The van der Waals surface area contributed by atoms with Crippen LogP contribution in [0.5, 0.6) is 0 Å². The van der Waals surface area contributed by atoms with Gasteiger partial charge in [-0.15, -0.1) is 0 Å². The number of furan rings is 1. The fourth-order valence-corrected chi connectivity index (χ4v) is 3.40. The van der Waals surface area contributed by atoms with Gasteiger partial charge < -0.3 is 9.73 Å². The zero-order chi connectivity index (χ0) is 16.4. The lowest BCUT2D eigenvalue weighted by atomic mass is 10.2. The highest BCUT2D eigenvalue weighted by atomic mass is 79.9. The third kappa shape index (κ3) is 3.97. The van der Waals surface area contributed by atoms with Crippen molar-refractivity contribution in [1.82, 2.24) is 5.32 Å². The van der Waals surface area contributed by atoms with E-state index in [1.54, 1.807) is 12.1 Å². The maximum Gasteiger partial charge on any atom is 0.264 e. The predicted octanol–water partition coefficient (Wildman–Crippen LogP) is 5.26. The molecule has 1 N–H and O–H groups in total. The SMILES string of the molecule is CCc1ccc(N=C2NC(=O)/C(=C/c3cc(Br)c(Br)o3)S2)cc1. The summed E-state index contributed by atoms with van der Waals surface area (Å²) in [6, 6.07) is 9.76. The second-order valence-electron chi connectivity index (χ2n) is 4.77. The number of rotatable bonds is 3. The molecule has 3 rings (SSSR count). The first-order valence-electron chi connectivity index (χ1n) is 6.88. The van der Waals surface area contributed by atoms with E-state index >= 15 is 0 Å². The number of carbonyl (C=O) groups is 1. The number of thioether (sulfide) groups is 1. The van der Waals surface area contributed by atoms with Gasteiger partial charge in [-0.05, 0) is 73.8 Å². The summed E-state index contributed by atoms with van der Waals surface area (Å²) >= 11 is 7.92. The number of halogens is 2. The van der Waals surface area contributed by atoms with Gasteiger partial charge in [0.2, 0.25) is 0 Å². The van der Waals surface area contributed by atoms with Crippen molar-refractivity contribution in [3.63, 3.8) is 0 Å². The summed E-state index contributed by atoms with van der Waals surface area (Å²) in [7, 11) is 0. The highest BCUT2D eigenvalue weighted by Gasteiger charge is 2.24. The van der Waals surface area contributed by atoms with Gasteiger partial charge in [-0.25, -0.2) is 4.99 Å². The Bertz CT molecular complexity index is 790. The summed E-state index contributed by atoms with van der Waals surface area (Å²) < 4.78 is 6.86. The first-order chi connectivity index (χ1) is 11.0. The summed E-state index contributed by atoms with van der Waals surface area (Å²) in [5.74, 6) is 0.414. The van der Waals surface area contributed by atoms with Crippen LogP contribution in [0.3, 0.4) is 0 Å². The molecule has 0 aliphatic carbocycles. The number of benzene rings is 1. The molecule has 1 aromatic heterocycles. The number of amides is 1. The molecule has 0 radical (unpaired) electrons. The molecule has 0 saturated carbocycles. The minimum atomic E-state index is -0.178. The molecule has 1 aliphatic heterocycles. The second kappa shape index (κ2) is 7.07.